The number of hydrogen-bond donors (Lipinski definition) is 2. The molecule has 2 aromatic rings. The summed E-state index contributed by atoms with van der Waals surface area (Å²) in [5, 5.41) is 6.75. The van der Waals surface area contributed by atoms with Crippen molar-refractivity contribution in [3.8, 4) is 5.75 Å². The van der Waals surface area contributed by atoms with Gasteiger partial charge in [0.15, 0.2) is 0 Å². The first-order valence-electron chi connectivity index (χ1n) is 10.2. The molecule has 2 aliphatic rings. The highest BCUT2D eigenvalue weighted by Crippen LogP contribution is 2.51. The summed E-state index contributed by atoms with van der Waals surface area (Å²) in [5.74, 6) is 1.67. The second-order valence-corrected chi connectivity index (χ2v) is 7.63. The molecule has 146 valence electrons. The van der Waals surface area contributed by atoms with Gasteiger partial charge < -0.3 is 15.4 Å². The van der Waals surface area contributed by atoms with Crippen molar-refractivity contribution in [2.45, 2.75) is 38.1 Å². The van der Waals surface area contributed by atoms with Crippen molar-refractivity contribution in [3.05, 3.63) is 71.3 Å². The van der Waals surface area contributed by atoms with E-state index in [0.717, 1.165) is 42.8 Å². The van der Waals surface area contributed by atoms with Gasteiger partial charge in [-0.3, -0.25) is 4.79 Å². The molecular formula is C24H28N2O2. The highest BCUT2D eigenvalue weighted by atomic mass is 16.5. The summed E-state index contributed by atoms with van der Waals surface area (Å²) in [6.45, 7) is 2.86. The molecule has 3 atom stereocenters. The lowest BCUT2D eigenvalue weighted by Gasteiger charge is -2.38. The molecule has 1 aliphatic heterocycles. The Labute approximate surface area is 167 Å². The zero-order chi connectivity index (χ0) is 19.5. The Morgan fingerprint density at radius 2 is 2.07 bits per heavy atom. The number of amides is 1. The van der Waals surface area contributed by atoms with Crippen LogP contribution in [0, 0.1) is 5.92 Å². The van der Waals surface area contributed by atoms with E-state index in [-0.39, 0.29) is 11.9 Å². The molecule has 2 N–H and O–H groups in total. The summed E-state index contributed by atoms with van der Waals surface area (Å²) in [6.07, 6.45) is 7.67. The summed E-state index contributed by atoms with van der Waals surface area (Å²) in [4.78, 5) is 12.5. The Morgan fingerprint density at radius 3 is 2.89 bits per heavy atom. The van der Waals surface area contributed by atoms with Gasteiger partial charge in [0.05, 0.1) is 13.2 Å². The number of benzene rings is 2. The molecule has 0 aromatic heterocycles. The van der Waals surface area contributed by atoms with Gasteiger partial charge in [0.2, 0.25) is 0 Å². The summed E-state index contributed by atoms with van der Waals surface area (Å²) >= 11 is 0. The number of carbonyl (C=O) groups is 1. The van der Waals surface area contributed by atoms with Crippen LogP contribution in [0.4, 0.5) is 5.69 Å². The predicted molar refractivity (Wildman–Crippen MR) is 113 cm³/mol. The fourth-order valence-electron chi connectivity index (χ4n) is 4.45. The molecule has 1 heterocycles. The normalized spacial score (nSPS) is 22.1. The quantitative estimate of drug-likeness (QED) is 0.548. The number of unbranched alkanes of at least 4 members (excludes halogenated alkanes) is 1. The Morgan fingerprint density at radius 1 is 1.21 bits per heavy atom. The first-order valence-corrected chi connectivity index (χ1v) is 10.2. The molecule has 0 fully saturated rings. The number of anilines is 1. The molecule has 2 aromatic carbocycles. The molecule has 0 saturated carbocycles. The van der Waals surface area contributed by atoms with Gasteiger partial charge in [-0.05, 0) is 48.6 Å². The number of hydrogen-bond acceptors (Lipinski definition) is 3. The number of ether oxygens (including phenoxy) is 1. The smallest absolute Gasteiger partial charge is 0.251 e. The molecule has 1 aliphatic carbocycles. The third-order valence-electron chi connectivity index (χ3n) is 5.91. The Hall–Kier alpha value is -2.75. The minimum absolute atomic E-state index is 0.0154. The first kappa shape index (κ1) is 18.6. The van der Waals surface area contributed by atoms with Gasteiger partial charge >= 0.3 is 0 Å². The maximum atomic E-state index is 12.5. The average Bonchev–Trinajstić information content (AvgIpc) is 3.23. The first-order chi connectivity index (χ1) is 13.7. The zero-order valence-corrected chi connectivity index (χ0v) is 16.6. The Balaban J connectivity index is 1.64. The van der Waals surface area contributed by atoms with E-state index in [1.165, 1.54) is 11.1 Å². The van der Waals surface area contributed by atoms with Gasteiger partial charge in [0.1, 0.15) is 5.75 Å². The maximum absolute atomic E-state index is 12.5. The molecule has 0 radical (unpaired) electrons. The predicted octanol–water partition coefficient (Wildman–Crippen LogP) is 5.05. The monoisotopic (exact) mass is 376 g/mol. The largest absolute Gasteiger partial charge is 0.496 e. The van der Waals surface area contributed by atoms with Crippen molar-refractivity contribution in [2.24, 2.45) is 5.92 Å². The van der Waals surface area contributed by atoms with Crippen LogP contribution in [0.2, 0.25) is 0 Å². The van der Waals surface area contributed by atoms with Crippen LogP contribution in [0.1, 0.15) is 59.6 Å². The van der Waals surface area contributed by atoms with E-state index in [1.54, 1.807) is 7.11 Å². The highest BCUT2D eigenvalue weighted by Gasteiger charge is 2.39. The van der Waals surface area contributed by atoms with E-state index < -0.39 is 0 Å². The average molecular weight is 377 g/mol. The Bertz CT molecular complexity index is 890. The van der Waals surface area contributed by atoms with Gasteiger partial charge in [0, 0.05) is 29.3 Å². The van der Waals surface area contributed by atoms with Crippen molar-refractivity contribution >= 4 is 11.6 Å². The van der Waals surface area contributed by atoms with E-state index in [4.69, 9.17) is 4.74 Å². The van der Waals surface area contributed by atoms with E-state index in [0.29, 0.717) is 11.8 Å². The highest BCUT2D eigenvalue weighted by molar-refractivity contribution is 5.95. The molecule has 28 heavy (non-hydrogen) atoms. The van der Waals surface area contributed by atoms with Crippen molar-refractivity contribution in [1.82, 2.24) is 5.32 Å². The maximum Gasteiger partial charge on any atom is 0.251 e. The third-order valence-corrected chi connectivity index (χ3v) is 5.91. The van der Waals surface area contributed by atoms with E-state index in [1.807, 2.05) is 18.2 Å². The lowest BCUT2D eigenvalue weighted by molar-refractivity contribution is 0.0953. The van der Waals surface area contributed by atoms with Crippen LogP contribution in [0.25, 0.3) is 0 Å². The van der Waals surface area contributed by atoms with Crippen LogP contribution < -0.4 is 15.4 Å². The van der Waals surface area contributed by atoms with Crippen LogP contribution in [0.5, 0.6) is 5.75 Å². The minimum Gasteiger partial charge on any atom is -0.496 e. The van der Waals surface area contributed by atoms with Crippen LogP contribution in [-0.2, 0) is 0 Å². The lowest BCUT2D eigenvalue weighted by atomic mass is 9.76. The standard InChI is InChI=1S/C24H28N2O2/c1-3-4-14-25-24(27)16-12-13-21-20(15-16)17-9-7-10-18(17)23(26-21)19-8-5-6-11-22(19)28-2/h5-9,11-13,15,17-18,23,26H,3-4,10,14H2,1-2H3,(H,25,27). The topological polar surface area (TPSA) is 50.4 Å². The second-order valence-electron chi connectivity index (χ2n) is 7.63. The van der Waals surface area contributed by atoms with Crippen molar-refractivity contribution in [3.63, 3.8) is 0 Å². The summed E-state index contributed by atoms with van der Waals surface area (Å²) < 4.78 is 5.62. The SMILES string of the molecule is CCCCNC(=O)c1ccc2c(c1)C1C=CCC1C(c1ccccc1OC)N2. The van der Waals surface area contributed by atoms with Crippen molar-refractivity contribution in [1.29, 1.82) is 0 Å². The summed E-state index contributed by atoms with van der Waals surface area (Å²) in [6, 6.07) is 14.5. The minimum atomic E-state index is 0.0154. The number of allylic oxidation sites excluding steroid dienone is 2. The fourth-order valence-corrected chi connectivity index (χ4v) is 4.45. The van der Waals surface area contributed by atoms with Gasteiger partial charge in [-0.25, -0.2) is 0 Å². The molecule has 0 bridgehead atoms. The van der Waals surface area contributed by atoms with Gasteiger partial charge in [-0.15, -0.1) is 0 Å². The number of fused-ring (bicyclic) bond motifs is 3. The summed E-state index contributed by atoms with van der Waals surface area (Å²) in [7, 11) is 1.73. The molecule has 0 saturated heterocycles. The van der Waals surface area contributed by atoms with Gasteiger partial charge in [-0.2, -0.15) is 0 Å². The van der Waals surface area contributed by atoms with Crippen LogP contribution in [0.3, 0.4) is 0 Å². The molecule has 0 spiro atoms. The Kier molecular flexibility index (Phi) is 5.38. The van der Waals surface area contributed by atoms with Gasteiger partial charge in [0.25, 0.3) is 5.91 Å². The number of nitrogens with one attached hydrogen (secondary N) is 2. The lowest BCUT2D eigenvalue weighted by Crippen LogP contribution is -2.30. The number of para-hydroxylation sites is 1. The number of rotatable bonds is 6. The molecule has 4 rings (SSSR count). The molecular weight excluding hydrogens is 348 g/mol. The van der Waals surface area contributed by atoms with E-state index in [9.17, 15) is 4.79 Å². The molecule has 3 unspecified atom stereocenters. The van der Waals surface area contributed by atoms with Crippen molar-refractivity contribution < 1.29 is 9.53 Å². The zero-order valence-electron chi connectivity index (χ0n) is 16.6. The second kappa shape index (κ2) is 8.09. The van der Waals surface area contributed by atoms with Crippen LogP contribution in [-0.4, -0.2) is 19.6 Å². The number of carbonyl (C=O) groups excluding carboxylic acids is 1. The van der Waals surface area contributed by atoms with Crippen LogP contribution in [0.15, 0.2) is 54.6 Å². The molecule has 1 amide bonds. The molecule has 4 nitrogen and oxygen atoms in total. The number of methoxy groups -OCH3 is 1. The van der Waals surface area contributed by atoms with E-state index >= 15 is 0 Å². The van der Waals surface area contributed by atoms with Crippen LogP contribution >= 0.6 is 0 Å². The van der Waals surface area contributed by atoms with Gasteiger partial charge in [-0.1, -0.05) is 43.7 Å². The third kappa shape index (κ3) is 3.39. The molecule has 4 heteroatoms. The summed E-state index contributed by atoms with van der Waals surface area (Å²) in [5.41, 5.74) is 4.25. The van der Waals surface area contributed by atoms with E-state index in [2.05, 4.69) is 54.0 Å². The fraction of sp³-hybridized carbons (Fsp3) is 0.375. The van der Waals surface area contributed by atoms with Crippen molar-refractivity contribution in [2.75, 3.05) is 19.0 Å².